The van der Waals surface area contributed by atoms with E-state index in [2.05, 4.69) is 9.64 Å². The van der Waals surface area contributed by atoms with Crippen molar-refractivity contribution < 1.29 is 41.0 Å². The summed E-state index contributed by atoms with van der Waals surface area (Å²) in [6.45, 7) is 6.03. The Labute approximate surface area is 259 Å². The van der Waals surface area contributed by atoms with Gasteiger partial charge in [0.15, 0.2) is 11.6 Å². The number of rotatable bonds is 9. The molecule has 2 heterocycles. The molecule has 1 N–H and O–H groups in total. The fraction of sp³-hybridized carbons (Fsp3) is 0.312. The number of ether oxygens (including phenoxy) is 1. The van der Waals surface area contributed by atoms with Gasteiger partial charge in [-0.2, -0.15) is 0 Å². The van der Waals surface area contributed by atoms with E-state index in [1.54, 1.807) is 29.2 Å². The van der Waals surface area contributed by atoms with Gasteiger partial charge < -0.3 is 24.2 Å². The van der Waals surface area contributed by atoms with Crippen LogP contribution >= 0.6 is 0 Å². The number of pyridine rings is 1. The van der Waals surface area contributed by atoms with Crippen molar-refractivity contribution in [2.45, 2.75) is 26.8 Å². The molecule has 1 aromatic heterocycles. The third-order valence-corrected chi connectivity index (χ3v) is 7.98. The van der Waals surface area contributed by atoms with Crippen LogP contribution in [0.4, 0.5) is 37.7 Å². The molecule has 14 heteroatoms. The van der Waals surface area contributed by atoms with E-state index < -0.39 is 63.1 Å². The summed E-state index contributed by atoms with van der Waals surface area (Å²) in [5, 5.41) is 9.12. The van der Waals surface area contributed by atoms with Crippen LogP contribution in [0.5, 0.6) is 5.75 Å². The molecule has 8 nitrogen and oxygen atoms in total. The maximum atomic E-state index is 15.9. The van der Waals surface area contributed by atoms with Gasteiger partial charge in [0.1, 0.15) is 28.4 Å². The number of fused-ring (bicyclic) bond motifs is 1. The van der Waals surface area contributed by atoms with E-state index >= 15 is 4.39 Å². The molecule has 0 unspecified atom stereocenters. The van der Waals surface area contributed by atoms with E-state index in [1.807, 2.05) is 13.8 Å². The molecule has 0 spiro atoms. The maximum Gasteiger partial charge on any atom is 0.573 e. The molecule has 0 saturated carbocycles. The van der Waals surface area contributed by atoms with Gasteiger partial charge in [-0.05, 0) is 49.0 Å². The molecule has 1 saturated heterocycles. The topological polar surface area (TPSA) is 78.2 Å². The standard InChI is InChI=1S/C32H30F6N4O4/c1-3-39(4-2)17-19-5-8-21(9-6-19)42-18-23(31(44)45)29(43)22-16-25(35)28(30(27(22)42)46-32(36,37)38)41-13-11-40(12-14-41)26-10-7-20(33)15-24(26)34/h5-10,15-16,18H,3-4,11-14,17H2,1-2H3,(H,44,45). The van der Waals surface area contributed by atoms with Crippen molar-refractivity contribution in [3.63, 3.8) is 0 Å². The third-order valence-electron chi connectivity index (χ3n) is 7.98. The maximum absolute atomic E-state index is 15.9. The van der Waals surface area contributed by atoms with E-state index in [4.69, 9.17) is 0 Å². The van der Waals surface area contributed by atoms with Gasteiger partial charge >= 0.3 is 12.3 Å². The molecule has 1 aliphatic heterocycles. The fourth-order valence-corrected chi connectivity index (χ4v) is 5.66. The summed E-state index contributed by atoms with van der Waals surface area (Å²) in [6, 6.07) is 10.3. The van der Waals surface area contributed by atoms with Gasteiger partial charge in [0.05, 0.1) is 11.1 Å². The number of hydrogen-bond acceptors (Lipinski definition) is 6. The zero-order valence-electron chi connectivity index (χ0n) is 24.9. The highest BCUT2D eigenvalue weighted by Crippen LogP contribution is 2.42. The molecule has 0 radical (unpaired) electrons. The van der Waals surface area contributed by atoms with Gasteiger partial charge in [0.25, 0.3) is 0 Å². The first-order chi connectivity index (χ1) is 21.8. The van der Waals surface area contributed by atoms with E-state index in [0.717, 1.165) is 35.5 Å². The summed E-state index contributed by atoms with van der Waals surface area (Å²) in [5.74, 6) is -5.51. The molecule has 46 heavy (non-hydrogen) atoms. The van der Waals surface area contributed by atoms with E-state index in [-0.39, 0.29) is 37.6 Å². The van der Waals surface area contributed by atoms with E-state index in [0.29, 0.717) is 18.7 Å². The van der Waals surface area contributed by atoms with Crippen LogP contribution in [-0.2, 0) is 6.54 Å². The predicted octanol–water partition coefficient (Wildman–Crippen LogP) is 6.17. The average Bonchev–Trinajstić information content (AvgIpc) is 3.00. The molecular weight excluding hydrogens is 618 g/mol. The van der Waals surface area contributed by atoms with Crippen molar-refractivity contribution in [3.8, 4) is 11.4 Å². The second kappa shape index (κ2) is 12.9. The van der Waals surface area contributed by atoms with Crippen LogP contribution in [-0.4, -0.2) is 66.2 Å². The Hall–Kier alpha value is -4.72. The lowest BCUT2D eigenvalue weighted by molar-refractivity contribution is -0.274. The number of aromatic carboxylic acids is 1. The minimum absolute atomic E-state index is 0.0320. The Morgan fingerprint density at radius 1 is 0.913 bits per heavy atom. The number of anilines is 2. The smallest absolute Gasteiger partial charge is 0.477 e. The van der Waals surface area contributed by atoms with Crippen molar-refractivity contribution in [2.24, 2.45) is 0 Å². The van der Waals surface area contributed by atoms with Crippen LogP contribution in [0.15, 0.2) is 59.5 Å². The van der Waals surface area contributed by atoms with Crippen LogP contribution in [0.25, 0.3) is 16.6 Å². The lowest BCUT2D eigenvalue weighted by atomic mass is 10.1. The summed E-state index contributed by atoms with van der Waals surface area (Å²) < 4.78 is 91.1. The van der Waals surface area contributed by atoms with Gasteiger partial charge in [-0.3, -0.25) is 9.69 Å². The Morgan fingerprint density at radius 2 is 1.54 bits per heavy atom. The van der Waals surface area contributed by atoms with Crippen LogP contribution in [0.2, 0.25) is 0 Å². The van der Waals surface area contributed by atoms with Crippen molar-refractivity contribution in [2.75, 3.05) is 49.1 Å². The first-order valence-electron chi connectivity index (χ1n) is 14.5. The largest absolute Gasteiger partial charge is 0.573 e. The number of nitrogens with zero attached hydrogens (tertiary/aromatic N) is 4. The third kappa shape index (κ3) is 6.62. The molecule has 5 rings (SSSR count). The second-order valence-corrected chi connectivity index (χ2v) is 10.7. The van der Waals surface area contributed by atoms with Gasteiger partial charge in [-0.15, -0.1) is 13.2 Å². The summed E-state index contributed by atoms with van der Waals surface area (Å²) in [5.41, 5.74) is -1.88. The number of hydrogen-bond donors (Lipinski definition) is 1. The highest BCUT2D eigenvalue weighted by molar-refractivity contribution is 5.98. The number of carboxylic acid groups (broad SMARTS) is 1. The van der Waals surface area contributed by atoms with Gasteiger partial charge in [0.2, 0.25) is 5.43 Å². The van der Waals surface area contributed by atoms with Crippen LogP contribution in [0.1, 0.15) is 29.8 Å². The summed E-state index contributed by atoms with van der Waals surface area (Å²) >= 11 is 0. The predicted molar refractivity (Wildman–Crippen MR) is 161 cm³/mol. The lowest BCUT2D eigenvalue weighted by Gasteiger charge is -2.38. The first-order valence-corrected chi connectivity index (χ1v) is 14.5. The molecular formula is C32H30F6N4O4. The van der Waals surface area contributed by atoms with Gasteiger partial charge in [-0.1, -0.05) is 26.0 Å². The molecule has 0 aliphatic carbocycles. The molecule has 1 aliphatic rings. The van der Waals surface area contributed by atoms with Crippen LogP contribution in [0.3, 0.4) is 0 Å². The Bertz CT molecular complexity index is 1820. The van der Waals surface area contributed by atoms with Gasteiger partial charge in [-0.25, -0.2) is 18.0 Å². The van der Waals surface area contributed by atoms with Crippen molar-refractivity contribution in [3.05, 3.63) is 93.5 Å². The highest BCUT2D eigenvalue weighted by Gasteiger charge is 2.37. The summed E-state index contributed by atoms with van der Waals surface area (Å²) in [6.07, 6.45) is -4.43. The lowest BCUT2D eigenvalue weighted by Crippen LogP contribution is -2.47. The zero-order chi connectivity index (χ0) is 33.3. The van der Waals surface area contributed by atoms with Crippen molar-refractivity contribution in [1.82, 2.24) is 9.47 Å². The Morgan fingerprint density at radius 3 is 2.11 bits per heavy atom. The molecule has 244 valence electrons. The minimum Gasteiger partial charge on any atom is -0.477 e. The quantitative estimate of drug-likeness (QED) is 0.218. The SMILES string of the molecule is CCN(CC)Cc1ccc(-n2cc(C(=O)O)c(=O)c3cc(F)c(N4CCN(c5ccc(F)cc5F)CC4)c(OC(F)(F)F)c32)cc1. The summed E-state index contributed by atoms with van der Waals surface area (Å²) in [7, 11) is 0. The molecule has 0 bridgehead atoms. The Balaban J connectivity index is 1.66. The molecule has 3 aromatic carbocycles. The average molecular weight is 649 g/mol. The van der Waals surface area contributed by atoms with Crippen molar-refractivity contribution in [1.29, 1.82) is 0 Å². The minimum atomic E-state index is -5.32. The normalized spacial score (nSPS) is 13.9. The monoisotopic (exact) mass is 648 g/mol. The molecule has 0 atom stereocenters. The summed E-state index contributed by atoms with van der Waals surface area (Å²) in [4.78, 5) is 30.2. The number of carbonyl (C=O) groups is 1. The van der Waals surface area contributed by atoms with Crippen LogP contribution < -0.4 is 20.0 Å². The van der Waals surface area contributed by atoms with E-state index in [9.17, 15) is 36.6 Å². The highest BCUT2D eigenvalue weighted by atomic mass is 19.4. The number of benzene rings is 3. The number of piperazine rings is 1. The first kappa shape index (κ1) is 32.7. The zero-order valence-corrected chi connectivity index (χ0v) is 24.9. The molecule has 0 amide bonds. The fourth-order valence-electron chi connectivity index (χ4n) is 5.66. The molecule has 4 aromatic rings. The Kier molecular flexibility index (Phi) is 9.20. The molecule has 1 fully saturated rings. The van der Waals surface area contributed by atoms with E-state index in [1.165, 1.54) is 11.0 Å². The number of carboxylic acids is 1. The van der Waals surface area contributed by atoms with Crippen LogP contribution in [0, 0.1) is 17.5 Å². The number of alkyl halides is 3. The van der Waals surface area contributed by atoms with Gasteiger partial charge in [0, 0.05) is 50.7 Å². The number of aromatic nitrogens is 1. The second-order valence-electron chi connectivity index (χ2n) is 10.7. The number of halogens is 6. The van der Waals surface area contributed by atoms with Crippen molar-refractivity contribution >= 4 is 28.2 Å².